The van der Waals surface area contributed by atoms with Crippen LogP contribution in [0.1, 0.15) is 62.2 Å². The van der Waals surface area contributed by atoms with Crippen LogP contribution in [0.15, 0.2) is 18.2 Å². The normalized spacial score (nSPS) is 24.6. The fourth-order valence-corrected chi connectivity index (χ4v) is 4.94. The summed E-state index contributed by atoms with van der Waals surface area (Å²) >= 11 is 0. The molecule has 1 fully saturated rings. The predicted molar refractivity (Wildman–Crippen MR) is 93.1 cm³/mol. The van der Waals surface area contributed by atoms with Crippen molar-refractivity contribution in [1.82, 2.24) is 9.88 Å². The summed E-state index contributed by atoms with van der Waals surface area (Å²) in [6, 6.07) is 7.40. The number of nitrogens with zero attached hydrogens (tertiary/aromatic N) is 1. The highest BCUT2D eigenvalue weighted by atomic mass is 16.5. The molecule has 0 radical (unpaired) electrons. The molecule has 2 aromatic rings. The fraction of sp³-hybridized carbons (Fsp3) is 0.600. The fourth-order valence-electron chi connectivity index (χ4n) is 4.94. The Bertz CT molecular complexity index is 725. The van der Waals surface area contributed by atoms with Crippen molar-refractivity contribution >= 4 is 10.9 Å². The largest absolute Gasteiger partial charge is 0.490 e. The van der Waals surface area contributed by atoms with Crippen molar-refractivity contribution in [3.05, 3.63) is 29.5 Å². The van der Waals surface area contributed by atoms with Crippen LogP contribution in [0.5, 0.6) is 5.75 Å². The molecular weight excluding hydrogens is 284 g/mol. The Morgan fingerprint density at radius 1 is 1.04 bits per heavy atom. The summed E-state index contributed by atoms with van der Waals surface area (Å²) in [6.07, 6.45) is 10.7. The summed E-state index contributed by atoms with van der Waals surface area (Å²) in [5, 5.41) is 5.15. The van der Waals surface area contributed by atoms with E-state index in [4.69, 9.17) is 4.74 Å². The molecule has 1 aliphatic heterocycles. The van der Waals surface area contributed by atoms with Gasteiger partial charge in [0.1, 0.15) is 5.75 Å². The van der Waals surface area contributed by atoms with Crippen LogP contribution in [-0.4, -0.2) is 17.2 Å². The lowest BCUT2D eigenvalue weighted by atomic mass is 9.91. The van der Waals surface area contributed by atoms with Crippen molar-refractivity contribution in [3.8, 4) is 5.75 Å². The van der Waals surface area contributed by atoms with Gasteiger partial charge in [0.25, 0.3) is 0 Å². The quantitative estimate of drug-likeness (QED) is 0.893. The van der Waals surface area contributed by atoms with E-state index in [1.54, 1.807) is 11.3 Å². The first-order chi connectivity index (χ1) is 11.4. The summed E-state index contributed by atoms with van der Waals surface area (Å²) in [7, 11) is 0. The molecule has 3 nitrogen and oxygen atoms in total. The van der Waals surface area contributed by atoms with Crippen LogP contribution in [0, 0.1) is 0 Å². The van der Waals surface area contributed by atoms with E-state index < -0.39 is 0 Å². The van der Waals surface area contributed by atoms with Crippen molar-refractivity contribution in [2.45, 2.75) is 70.1 Å². The first-order valence-corrected chi connectivity index (χ1v) is 9.45. The van der Waals surface area contributed by atoms with Gasteiger partial charge in [-0.1, -0.05) is 6.42 Å². The summed E-state index contributed by atoms with van der Waals surface area (Å²) in [5.74, 6) is 1.08. The minimum atomic E-state index is 0.434. The van der Waals surface area contributed by atoms with E-state index in [2.05, 4.69) is 28.1 Å². The van der Waals surface area contributed by atoms with E-state index in [1.807, 2.05) is 0 Å². The third kappa shape index (κ3) is 2.28. The Hall–Kier alpha value is -1.48. The highest BCUT2D eigenvalue weighted by Crippen LogP contribution is 2.40. The molecule has 3 aliphatic rings. The third-order valence-electron chi connectivity index (χ3n) is 6.01. The minimum Gasteiger partial charge on any atom is -0.490 e. The molecule has 23 heavy (non-hydrogen) atoms. The molecule has 3 heteroatoms. The Labute approximate surface area is 138 Å². The summed E-state index contributed by atoms with van der Waals surface area (Å²) < 4.78 is 8.88. The molecule has 0 bridgehead atoms. The van der Waals surface area contributed by atoms with E-state index >= 15 is 0 Å². The monoisotopic (exact) mass is 310 g/mol. The first kappa shape index (κ1) is 13.9. The van der Waals surface area contributed by atoms with Gasteiger partial charge in [0.15, 0.2) is 0 Å². The van der Waals surface area contributed by atoms with Crippen LogP contribution in [0.25, 0.3) is 10.9 Å². The summed E-state index contributed by atoms with van der Waals surface area (Å²) in [5.41, 5.74) is 4.56. The number of fused-ring (bicyclic) bond motifs is 3. The van der Waals surface area contributed by atoms with E-state index in [1.165, 1.54) is 62.3 Å². The molecule has 1 N–H and O–H groups in total. The van der Waals surface area contributed by atoms with Gasteiger partial charge in [0.05, 0.1) is 6.10 Å². The van der Waals surface area contributed by atoms with Crippen molar-refractivity contribution in [2.75, 3.05) is 6.54 Å². The first-order valence-electron chi connectivity index (χ1n) is 9.45. The van der Waals surface area contributed by atoms with Crippen LogP contribution in [0.3, 0.4) is 0 Å². The van der Waals surface area contributed by atoms with Crippen LogP contribution >= 0.6 is 0 Å². The smallest absolute Gasteiger partial charge is 0.120 e. The van der Waals surface area contributed by atoms with Gasteiger partial charge < -0.3 is 14.6 Å². The van der Waals surface area contributed by atoms with Gasteiger partial charge in [-0.2, -0.15) is 0 Å². The van der Waals surface area contributed by atoms with Crippen LogP contribution in [-0.2, 0) is 13.0 Å². The number of hydrogen-bond acceptors (Lipinski definition) is 2. The molecular formula is C20H26N2O. The number of rotatable bonds is 2. The van der Waals surface area contributed by atoms with Gasteiger partial charge in [0.2, 0.25) is 0 Å². The molecule has 1 aromatic heterocycles. The maximum atomic E-state index is 6.31. The highest BCUT2D eigenvalue weighted by molar-refractivity contribution is 5.87. The van der Waals surface area contributed by atoms with Crippen molar-refractivity contribution < 1.29 is 4.74 Å². The van der Waals surface area contributed by atoms with E-state index in [-0.39, 0.29) is 0 Å². The molecule has 1 saturated carbocycles. The highest BCUT2D eigenvalue weighted by Gasteiger charge is 2.30. The lowest BCUT2D eigenvalue weighted by Gasteiger charge is -2.31. The van der Waals surface area contributed by atoms with Gasteiger partial charge in [0, 0.05) is 35.7 Å². The molecule has 0 amide bonds. The summed E-state index contributed by atoms with van der Waals surface area (Å²) in [4.78, 5) is 0. The minimum absolute atomic E-state index is 0.434. The number of ether oxygens (including phenoxy) is 1. The zero-order valence-corrected chi connectivity index (χ0v) is 13.8. The number of aromatic nitrogens is 1. The molecule has 2 heterocycles. The van der Waals surface area contributed by atoms with Crippen molar-refractivity contribution in [3.63, 3.8) is 0 Å². The average molecular weight is 310 g/mol. The molecule has 1 unspecified atom stereocenters. The standard InChI is InChI=1S/C20H26N2O/c1-2-5-14(6-3-1)23-15-9-10-19-17(13-15)16-7-4-8-18-20(16)22(19)12-11-21-18/h9-10,13-14,18,21H,1-8,11-12H2. The lowest BCUT2D eigenvalue weighted by molar-refractivity contribution is 0.155. The number of aryl methyl sites for hydroxylation is 1. The Kier molecular flexibility index (Phi) is 3.36. The predicted octanol–water partition coefficient (Wildman–Crippen LogP) is 4.33. The van der Waals surface area contributed by atoms with Gasteiger partial charge >= 0.3 is 0 Å². The van der Waals surface area contributed by atoms with Gasteiger partial charge in [-0.15, -0.1) is 0 Å². The van der Waals surface area contributed by atoms with Gasteiger partial charge in [-0.25, -0.2) is 0 Å². The van der Waals surface area contributed by atoms with Crippen molar-refractivity contribution in [2.24, 2.45) is 0 Å². The molecule has 122 valence electrons. The van der Waals surface area contributed by atoms with Crippen LogP contribution in [0.4, 0.5) is 0 Å². The molecule has 1 atom stereocenters. The maximum Gasteiger partial charge on any atom is 0.120 e. The van der Waals surface area contributed by atoms with Crippen LogP contribution in [0.2, 0.25) is 0 Å². The van der Waals surface area contributed by atoms with Crippen molar-refractivity contribution in [1.29, 1.82) is 0 Å². The zero-order chi connectivity index (χ0) is 15.2. The van der Waals surface area contributed by atoms with Crippen LogP contribution < -0.4 is 10.1 Å². The molecule has 1 aromatic carbocycles. The number of benzene rings is 1. The second-order valence-electron chi connectivity index (χ2n) is 7.47. The second-order valence-corrected chi connectivity index (χ2v) is 7.47. The van der Waals surface area contributed by atoms with Gasteiger partial charge in [-0.05, 0) is 68.7 Å². The second kappa shape index (κ2) is 5.55. The third-order valence-corrected chi connectivity index (χ3v) is 6.01. The molecule has 0 saturated heterocycles. The molecule has 2 aliphatic carbocycles. The SMILES string of the molecule is c1cc2c(cc1OC1CCCCC1)c1c3n2CCNC3CCC1. The zero-order valence-electron chi connectivity index (χ0n) is 13.8. The average Bonchev–Trinajstić information content (AvgIpc) is 2.92. The van der Waals surface area contributed by atoms with E-state index in [9.17, 15) is 0 Å². The Balaban J connectivity index is 1.55. The lowest BCUT2D eigenvalue weighted by Crippen LogP contribution is -2.35. The summed E-state index contributed by atoms with van der Waals surface area (Å²) in [6.45, 7) is 2.20. The molecule has 5 rings (SSSR count). The van der Waals surface area contributed by atoms with E-state index in [0.29, 0.717) is 12.1 Å². The topological polar surface area (TPSA) is 26.2 Å². The number of nitrogens with one attached hydrogen (secondary N) is 1. The maximum absolute atomic E-state index is 6.31. The van der Waals surface area contributed by atoms with Gasteiger partial charge in [-0.3, -0.25) is 0 Å². The Morgan fingerprint density at radius 3 is 2.87 bits per heavy atom. The van der Waals surface area contributed by atoms with E-state index in [0.717, 1.165) is 18.8 Å². The molecule has 0 spiro atoms. The number of hydrogen-bond donors (Lipinski definition) is 1. The Morgan fingerprint density at radius 2 is 1.96 bits per heavy atom.